The zero-order chi connectivity index (χ0) is 17.5. The molecule has 0 aliphatic rings. The second-order valence-electron chi connectivity index (χ2n) is 4.52. The van der Waals surface area contributed by atoms with Crippen molar-refractivity contribution in [3.63, 3.8) is 0 Å². The molecule has 2 N–H and O–H groups in total. The Hall–Kier alpha value is -2.75. The summed E-state index contributed by atoms with van der Waals surface area (Å²) < 4.78 is 38.9. The Kier molecular flexibility index (Phi) is 6.39. The van der Waals surface area contributed by atoms with E-state index in [2.05, 4.69) is 10.6 Å². The highest BCUT2D eigenvalue weighted by Crippen LogP contribution is 2.28. The molecule has 0 aliphatic carbocycles. The SMILES string of the molecule is CC/C=C(/C=C(\Nc1cccc(C#N)c1)C(=O)NC)C(F)(F)F. The zero-order valence-corrected chi connectivity index (χ0v) is 12.7. The lowest BCUT2D eigenvalue weighted by molar-refractivity contribution is -0.116. The lowest BCUT2D eigenvalue weighted by Crippen LogP contribution is -2.25. The predicted molar refractivity (Wildman–Crippen MR) is 81.4 cm³/mol. The van der Waals surface area contributed by atoms with Gasteiger partial charge in [-0.05, 0) is 30.7 Å². The predicted octanol–water partition coefficient (Wildman–Crippen LogP) is 3.50. The maximum Gasteiger partial charge on any atom is 0.416 e. The highest BCUT2D eigenvalue weighted by atomic mass is 19.4. The van der Waals surface area contributed by atoms with Gasteiger partial charge in [0.05, 0.1) is 17.2 Å². The molecular weight excluding hydrogens is 307 g/mol. The smallest absolute Gasteiger partial charge is 0.354 e. The topological polar surface area (TPSA) is 64.9 Å². The lowest BCUT2D eigenvalue weighted by Gasteiger charge is -2.13. The van der Waals surface area contributed by atoms with Crippen LogP contribution >= 0.6 is 0 Å². The number of carbonyl (C=O) groups excluding carboxylic acids is 1. The Labute approximate surface area is 132 Å². The lowest BCUT2D eigenvalue weighted by atomic mass is 10.1. The molecule has 0 saturated carbocycles. The van der Waals surface area contributed by atoms with E-state index in [-0.39, 0.29) is 12.1 Å². The molecule has 0 aromatic heterocycles. The molecule has 122 valence electrons. The summed E-state index contributed by atoms with van der Waals surface area (Å²) >= 11 is 0. The summed E-state index contributed by atoms with van der Waals surface area (Å²) in [6, 6.07) is 8.02. The summed E-state index contributed by atoms with van der Waals surface area (Å²) in [5, 5.41) is 13.8. The molecule has 0 fully saturated rings. The number of amides is 1. The van der Waals surface area contributed by atoms with Gasteiger partial charge >= 0.3 is 6.18 Å². The van der Waals surface area contributed by atoms with Crippen LogP contribution in [0.15, 0.2) is 47.7 Å². The van der Waals surface area contributed by atoms with Crippen molar-refractivity contribution in [2.45, 2.75) is 19.5 Å². The molecule has 23 heavy (non-hydrogen) atoms. The Balaban J connectivity index is 3.24. The van der Waals surface area contributed by atoms with Crippen LogP contribution in [0.2, 0.25) is 0 Å². The average Bonchev–Trinajstić information content (AvgIpc) is 2.52. The van der Waals surface area contributed by atoms with Crippen LogP contribution in [0.4, 0.5) is 18.9 Å². The van der Waals surface area contributed by atoms with Gasteiger partial charge in [0.2, 0.25) is 0 Å². The van der Waals surface area contributed by atoms with Gasteiger partial charge in [-0.15, -0.1) is 0 Å². The van der Waals surface area contributed by atoms with E-state index in [1.807, 2.05) is 6.07 Å². The quantitative estimate of drug-likeness (QED) is 0.644. The standard InChI is InChI=1S/C16H16F3N3O/c1-3-5-12(16(17,18)19)9-14(15(23)21-2)22-13-7-4-6-11(8-13)10-20/h4-9,22H,3H2,1-2H3,(H,21,23)/b12-5-,14-9-. The Bertz CT molecular complexity index is 670. The summed E-state index contributed by atoms with van der Waals surface area (Å²) in [5.74, 6) is -0.696. The molecule has 0 atom stereocenters. The molecule has 0 bridgehead atoms. The van der Waals surface area contributed by atoms with Crippen LogP contribution in [0.3, 0.4) is 0 Å². The van der Waals surface area contributed by atoms with Crippen LogP contribution in [0.1, 0.15) is 18.9 Å². The second kappa shape index (κ2) is 8.03. The van der Waals surface area contributed by atoms with Gasteiger partial charge in [-0.3, -0.25) is 4.79 Å². The largest absolute Gasteiger partial charge is 0.416 e. The number of hydrogen-bond acceptors (Lipinski definition) is 3. The number of halogens is 3. The van der Waals surface area contributed by atoms with E-state index in [4.69, 9.17) is 5.26 Å². The minimum atomic E-state index is -4.56. The molecule has 0 radical (unpaired) electrons. The summed E-state index contributed by atoms with van der Waals surface area (Å²) in [6.07, 6.45) is -2.64. The number of likely N-dealkylation sites (N-methyl/N-ethyl adjacent to an activating group) is 1. The number of hydrogen-bond donors (Lipinski definition) is 2. The van der Waals surface area contributed by atoms with E-state index in [1.54, 1.807) is 25.1 Å². The van der Waals surface area contributed by atoms with E-state index < -0.39 is 17.7 Å². The number of nitrogens with zero attached hydrogens (tertiary/aromatic N) is 1. The first-order valence-electron chi connectivity index (χ1n) is 6.80. The van der Waals surface area contributed by atoms with Crippen molar-refractivity contribution < 1.29 is 18.0 Å². The third-order valence-corrected chi connectivity index (χ3v) is 2.79. The maximum atomic E-state index is 13.0. The number of benzene rings is 1. The van der Waals surface area contributed by atoms with Gasteiger partial charge in [0, 0.05) is 12.7 Å². The second-order valence-corrected chi connectivity index (χ2v) is 4.52. The van der Waals surface area contributed by atoms with Crippen molar-refractivity contribution in [3.05, 3.63) is 53.3 Å². The van der Waals surface area contributed by atoms with Crippen LogP contribution in [0, 0.1) is 11.3 Å². The fourth-order valence-corrected chi connectivity index (χ4v) is 1.75. The number of anilines is 1. The van der Waals surface area contributed by atoms with Gasteiger partial charge in [0.25, 0.3) is 5.91 Å². The third-order valence-electron chi connectivity index (χ3n) is 2.79. The van der Waals surface area contributed by atoms with Gasteiger partial charge in [0.1, 0.15) is 5.70 Å². The molecule has 1 aromatic carbocycles. The van der Waals surface area contributed by atoms with Crippen molar-refractivity contribution >= 4 is 11.6 Å². The molecule has 0 unspecified atom stereocenters. The first-order chi connectivity index (χ1) is 10.8. The van der Waals surface area contributed by atoms with Crippen LogP contribution in [-0.2, 0) is 4.79 Å². The van der Waals surface area contributed by atoms with Gasteiger partial charge in [-0.25, -0.2) is 0 Å². The summed E-state index contributed by atoms with van der Waals surface area (Å²) in [5.41, 5.74) is -0.509. The minimum Gasteiger partial charge on any atom is -0.354 e. The van der Waals surface area contributed by atoms with E-state index >= 15 is 0 Å². The fraction of sp³-hybridized carbons (Fsp3) is 0.250. The first kappa shape index (κ1) is 18.3. The van der Waals surface area contributed by atoms with Crippen LogP contribution < -0.4 is 10.6 Å². The summed E-state index contributed by atoms with van der Waals surface area (Å²) in [7, 11) is 1.32. The van der Waals surface area contributed by atoms with Gasteiger partial charge < -0.3 is 10.6 Å². The molecule has 7 heteroatoms. The third kappa shape index (κ3) is 5.51. The van der Waals surface area contributed by atoms with Crippen LogP contribution in [-0.4, -0.2) is 19.1 Å². The van der Waals surface area contributed by atoms with E-state index in [0.717, 1.165) is 12.2 Å². The van der Waals surface area contributed by atoms with Crippen LogP contribution in [0.5, 0.6) is 0 Å². The number of nitriles is 1. The number of alkyl halides is 3. The molecular formula is C16H16F3N3O. The summed E-state index contributed by atoms with van der Waals surface area (Å²) in [4.78, 5) is 11.8. The van der Waals surface area contributed by atoms with Gasteiger partial charge in [0.15, 0.2) is 0 Å². The molecule has 1 rings (SSSR count). The Morgan fingerprint density at radius 2 is 2.09 bits per heavy atom. The van der Waals surface area contributed by atoms with Crippen molar-refractivity contribution in [2.24, 2.45) is 0 Å². The molecule has 0 saturated heterocycles. The monoisotopic (exact) mass is 323 g/mol. The molecule has 1 aromatic rings. The number of rotatable bonds is 5. The van der Waals surface area contributed by atoms with Crippen LogP contribution in [0.25, 0.3) is 0 Å². The number of carbonyl (C=O) groups is 1. The molecule has 0 aliphatic heterocycles. The number of allylic oxidation sites excluding steroid dienone is 3. The van der Waals surface area contributed by atoms with E-state index in [0.29, 0.717) is 11.3 Å². The summed E-state index contributed by atoms with van der Waals surface area (Å²) in [6.45, 7) is 1.57. The Morgan fingerprint density at radius 1 is 1.39 bits per heavy atom. The van der Waals surface area contributed by atoms with E-state index in [1.165, 1.54) is 13.1 Å². The highest BCUT2D eigenvalue weighted by molar-refractivity contribution is 5.96. The van der Waals surface area contributed by atoms with Crippen molar-refractivity contribution in [1.82, 2.24) is 5.32 Å². The average molecular weight is 323 g/mol. The molecule has 0 heterocycles. The zero-order valence-electron chi connectivity index (χ0n) is 12.7. The minimum absolute atomic E-state index is 0.177. The fourth-order valence-electron chi connectivity index (χ4n) is 1.75. The van der Waals surface area contributed by atoms with E-state index in [9.17, 15) is 18.0 Å². The molecule has 0 spiro atoms. The Morgan fingerprint density at radius 3 is 2.61 bits per heavy atom. The first-order valence-corrected chi connectivity index (χ1v) is 6.80. The normalized spacial score (nSPS) is 12.5. The molecule has 1 amide bonds. The number of nitrogens with one attached hydrogen (secondary N) is 2. The highest BCUT2D eigenvalue weighted by Gasteiger charge is 2.32. The maximum absolute atomic E-state index is 13.0. The van der Waals surface area contributed by atoms with Crippen molar-refractivity contribution in [1.29, 1.82) is 5.26 Å². The van der Waals surface area contributed by atoms with Gasteiger partial charge in [-0.2, -0.15) is 18.4 Å². The molecule has 4 nitrogen and oxygen atoms in total. The van der Waals surface area contributed by atoms with Gasteiger partial charge in [-0.1, -0.05) is 19.1 Å². The van der Waals surface area contributed by atoms with Crippen molar-refractivity contribution in [3.8, 4) is 6.07 Å². The van der Waals surface area contributed by atoms with Crippen molar-refractivity contribution in [2.75, 3.05) is 12.4 Å².